The van der Waals surface area contributed by atoms with E-state index in [2.05, 4.69) is 46.2 Å². The topological polar surface area (TPSA) is 71.1 Å². The van der Waals surface area contributed by atoms with Gasteiger partial charge in [0.25, 0.3) is 0 Å². The first-order valence-corrected chi connectivity index (χ1v) is 10.5. The van der Waals surface area contributed by atoms with Crippen molar-refractivity contribution in [2.45, 2.75) is 31.2 Å². The van der Waals surface area contributed by atoms with Gasteiger partial charge < -0.3 is 5.32 Å². The van der Waals surface area contributed by atoms with Gasteiger partial charge in [0.1, 0.15) is 0 Å². The van der Waals surface area contributed by atoms with Crippen LogP contribution in [0.4, 0.5) is 0 Å². The van der Waals surface area contributed by atoms with Gasteiger partial charge >= 0.3 is 0 Å². The number of pyridine rings is 1. The lowest BCUT2D eigenvalue weighted by Crippen LogP contribution is -2.40. The van der Waals surface area contributed by atoms with Crippen LogP contribution in [0.15, 0.2) is 65.8 Å². The zero-order valence-corrected chi connectivity index (χ0v) is 17.7. The minimum Gasteiger partial charge on any atom is -0.315 e. The van der Waals surface area contributed by atoms with Crippen LogP contribution in [0.1, 0.15) is 18.1 Å². The Hall–Kier alpha value is -1.99. The van der Waals surface area contributed by atoms with E-state index in [4.69, 9.17) is 0 Å². The summed E-state index contributed by atoms with van der Waals surface area (Å²) in [5.74, 6) is 0. The summed E-state index contributed by atoms with van der Waals surface area (Å²) in [5.41, 5.74) is 2.53. The maximum absolute atomic E-state index is 12.6. The van der Waals surface area contributed by atoms with Crippen molar-refractivity contribution in [3.63, 3.8) is 0 Å². The molecule has 2 N–H and O–H groups in total. The van der Waals surface area contributed by atoms with Gasteiger partial charge in [0.05, 0.1) is 4.90 Å². The van der Waals surface area contributed by atoms with Crippen molar-refractivity contribution in [3.8, 4) is 0 Å². The summed E-state index contributed by atoms with van der Waals surface area (Å²) in [6.07, 6.45) is 4.30. The van der Waals surface area contributed by atoms with Gasteiger partial charge in [-0.3, -0.25) is 4.98 Å². The molecule has 0 bridgehead atoms. The van der Waals surface area contributed by atoms with Crippen LogP contribution in [-0.2, 0) is 16.4 Å². The first-order valence-electron chi connectivity index (χ1n) is 9.06. The van der Waals surface area contributed by atoms with E-state index in [1.54, 1.807) is 30.6 Å². The Morgan fingerprint density at radius 2 is 1.89 bits per heavy atom. The van der Waals surface area contributed by atoms with Gasteiger partial charge in [0.2, 0.25) is 10.0 Å². The van der Waals surface area contributed by atoms with Crippen LogP contribution >= 0.6 is 12.4 Å². The second-order valence-corrected chi connectivity index (χ2v) is 8.56. The van der Waals surface area contributed by atoms with Gasteiger partial charge in [0.15, 0.2) is 0 Å². The van der Waals surface area contributed by atoms with Crippen molar-refractivity contribution < 1.29 is 8.42 Å². The number of nitrogens with one attached hydrogen (secondary N) is 2. The quantitative estimate of drug-likeness (QED) is 0.548. The predicted octanol–water partition coefficient (Wildman–Crippen LogP) is 3.46. The normalized spacial score (nSPS) is 12.5. The summed E-state index contributed by atoms with van der Waals surface area (Å²) in [5, 5.41) is 5.10. The maximum atomic E-state index is 12.6. The first-order chi connectivity index (χ1) is 12.9. The van der Waals surface area contributed by atoms with Crippen LogP contribution in [0, 0.1) is 6.92 Å². The van der Waals surface area contributed by atoms with Gasteiger partial charge in [-0.1, -0.05) is 35.9 Å². The van der Waals surface area contributed by atoms with Crippen molar-refractivity contribution in [1.29, 1.82) is 0 Å². The highest BCUT2D eigenvalue weighted by Crippen LogP contribution is 2.18. The number of nitrogens with zero attached hydrogens (tertiary/aromatic N) is 1. The summed E-state index contributed by atoms with van der Waals surface area (Å²) in [6, 6.07) is 15.1. The lowest BCUT2D eigenvalue weighted by Gasteiger charge is -2.15. The molecule has 7 heteroatoms. The number of halogens is 1. The Balaban J connectivity index is 0.00000280. The third kappa shape index (κ3) is 6.01. The molecule has 28 heavy (non-hydrogen) atoms. The fraction of sp³-hybridized carbons (Fsp3) is 0.286. The number of hydrogen-bond acceptors (Lipinski definition) is 4. The van der Waals surface area contributed by atoms with Crippen molar-refractivity contribution in [2.75, 3.05) is 13.1 Å². The molecule has 3 rings (SSSR count). The zero-order valence-electron chi connectivity index (χ0n) is 16.1. The van der Waals surface area contributed by atoms with Crippen LogP contribution in [0.5, 0.6) is 0 Å². The monoisotopic (exact) mass is 419 g/mol. The summed E-state index contributed by atoms with van der Waals surface area (Å²) >= 11 is 0. The van der Waals surface area contributed by atoms with E-state index >= 15 is 0 Å². The average molecular weight is 420 g/mol. The molecule has 5 nitrogen and oxygen atoms in total. The Labute approximate surface area is 173 Å². The van der Waals surface area contributed by atoms with Crippen LogP contribution in [0.25, 0.3) is 10.8 Å². The number of rotatable bonds is 8. The van der Waals surface area contributed by atoms with E-state index < -0.39 is 10.0 Å². The highest BCUT2D eigenvalue weighted by Gasteiger charge is 2.17. The van der Waals surface area contributed by atoms with Crippen molar-refractivity contribution in [2.24, 2.45) is 0 Å². The summed E-state index contributed by atoms with van der Waals surface area (Å²) in [6.45, 7) is 5.32. The van der Waals surface area contributed by atoms with Crippen molar-refractivity contribution in [1.82, 2.24) is 15.0 Å². The Kier molecular flexibility index (Phi) is 7.95. The molecule has 0 amide bonds. The Bertz CT molecular complexity index is 1020. The van der Waals surface area contributed by atoms with E-state index in [0.29, 0.717) is 6.54 Å². The molecule has 0 aliphatic carbocycles. The molecule has 1 unspecified atom stereocenters. The van der Waals surface area contributed by atoms with Crippen molar-refractivity contribution >= 4 is 33.2 Å². The highest BCUT2D eigenvalue weighted by atomic mass is 35.5. The molecule has 3 aromatic rings. The first kappa shape index (κ1) is 22.3. The van der Waals surface area contributed by atoms with Gasteiger partial charge in [-0.2, -0.15) is 0 Å². The molecule has 0 saturated carbocycles. The molecule has 0 aliphatic heterocycles. The number of aromatic nitrogens is 1. The summed E-state index contributed by atoms with van der Waals surface area (Å²) in [7, 11) is -3.56. The fourth-order valence-corrected chi connectivity index (χ4v) is 4.30. The molecule has 0 fully saturated rings. The number of aryl methyl sites for hydroxylation is 1. The second kappa shape index (κ2) is 9.98. The lowest BCUT2D eigenvalue weighted by atomic mass is 10.1. The number of fused-ring (bicyclic) bond motifs is 1. The third-order valence-electron chi connectivity index (χ3n) is 4.40. The van der Waals surface area contributed by atoms with E-state index in [1.807, 2.05) is 13.0 Å². The minimum atomic E-state index is -3.56. The minimum absolute atomic E-state index is 0. The predicted molar refractivity (Wildman–Crippen MR) is 117 cm³/mol. The Morgan fingerprint density at radius 1 is 1.07 bits per heavy atom. The van der Waals surface area contributed by atoms with Crippen molar-refractivity contribution in [3.05, 3.63) is 72.1 Å². The van der Waals surface area contributed by atoms with Gasteiger partial charge in [0, 0.05) is 30.4 Å². The lowest BCUT2D eigenvalue weighted by molar-refractivity contribution is 0.537. The molecular weight excluding hydrogens is 394 g/mol. The zero-order chi connectivity index (χ0) is 19.3. The second-order valence-electron chi connectivity index (χ2n) is 6.85. The molecular formula is C21H26ClN3O2S. The molecule has 0 aliphatic rings. The molecule has 0 spiro atoms. The van der Waals surface area contributed by atoms with Gasteiger partial charge in [-0.05, 0) is 56.0 Å². The largest absolute Gasteiger partial charge is 0.315 e. The third-order valence-corrected chi connectivity index (χ3v) is 5.99. The van der Waals surface area contributed by atoms with Gasteiger partial charge in [-0.25, -0.2) is 13.1 Å². The van der Waals surface area contributed by atoms with E-state index in [1.165, 1.54) is 11.1 Å². The van der Waals surface area contributed by atoms with Crippen LogP contribution < -0.4 is 10.0 Å². The molecule has 1 heterocycles. The molecule has 0 saturated heterocycles. The molecule has 150 valence electrons. The van der Waals surface area contributed by atoms with Crippen LogP contribution in [0.3, 0.4) is 0 Å². The number of sulfonamides is 1. The standard InChI is InChI=1S/C21H25N3O2S.ClH/c1-16-4-3-5-18(12-16)8-10-22-14-17(2)24-27(25,26)21-7-6-20-15-23-11-9-19(20)13-21;/h3-7,9,11-13,15,17,22,24H,8,10,14H2,1-2H3;1H. The number of benzene rings is 2. The van der Waals surface area contributed by atoms with Crippen LogP contribution in [0.2, 0.25) is 0 Å². The smallest absolute Gasteiger partial charge is 0.240 e. The van der Waals surface area contributed by atoms with E-state index in [9.17, 15) is 8.42 Å². The maximum Gasteiger partial charge on any atom is 0.240 e. The molecule has 0 radical (unpaired) electrons. The number of hydrogen-bond donors (Lipinski definition) is 2. The summed E-state index contributed by atoms with van der Waals surface area (Å²) in [4.78, 5) is 4.32. The average Bonchev–Trinajstić information content (AvgIpc) is 2.64. The fourth-order valence-electron chi connectivity index (χ4n) is 3.02. The van der Waals surface area contributed by atoms with E-state index in [-0.39, 0.29) is 23.3 Å². The van der Waals surface area contributed by atoms with Crippen LogP contribution in [-0.4, -0.2) is 32.5 Å². The Morgan fingerprint density at radius 3 is 2.68 bits per heavy atom. The molecule has 1 atom stereocenters. The SMILES string of the molecule is Cc1cccc(CCNCC(C)NS(=O)(=O)c2ccc3cnccc3c2)c1.Cl. The summed E-state index contributed by atoms with van der Waals surface area (Å²) < 4.78 is 28.0. The van der Waals surface area contributed by atoms with E-state index in [0.717, 1.165) is 23.7 Å². The van der Waals surface area contributed by atoms with Gasteiger partial charge in [-0.15, -0.1) is 12.4 Å². The molecule has 2 aromatic carbocycles. The molecule has 1 aromatic heterocycles. The highest BCUT2D eigenvalue weighted by molar-refractivity contribution is 7.89.